The largest absolute Gasteiger partial charge is 0.310 e. The predicted octanol–water partition coefficient (Wildman–Crippen LogP) is 3.23. The summed E-state index contributed by atoms with van der Waals surface area (Å²) in [5.74, 6) is 0.100. The van der Waals surface area contributed by atoms with Crippen molar-refractivity contribution in [2.75, 3.05) is 11.4 Å². The molecule has 26 heavy (non-hydrogen) atoms. The van der Waals surface area contributed by atoms with Crippen molar-refractivity contribution in [3.63, 3.8) is 0 Å². The Hall–Kier alpha value is -1.70. The summed E-state index contributed by atoms with van der Waals surface area (Å²) < 4.78 is 29.4. The van der Waals surface area contributed by atoms with Crippen LogP contribution in [0.3, 0.4) is 0 Å². The number of carbonyl (C=O) groups is 1. The number of carbonyl (C=O) groups excluding carboxylic acids is 1. The van der Waals surface area contributed by atoms with E-state index >= 15 is 0 Å². The number of hydrogen-bond acceptors (Lipinski definition) is 3. The molecule has 0 aromatic heterocycles. The molecule has 136 valence electrons. The first-order chi connectivity index (χ1) is 12.5. The average molecular weight is 435 g/mol. The van der Waals surface area contributed by atoms with E-state index in [9.17, 15) is 13.2 Å². The number of hydrogen-bond donors (Lipinski definition) is 1. The Morgan fingerprint density at radius 2 is 1.92 bits per heavy atom. The van der Waals surface area contributed by atoms with Gasteiger partial charge in [-0.2, -0.15) is 0 Å². The summed E-state index contributed by atoms with van der Waals surface area (Å²) in [6, 6.07) is 12.9. The van der Waals surface area contributed by atoms with Crippen LogP contribution in [0, 0.1) is 5.92 Å². The molecule has 2 aromatic rings. The molecule has 2 aliphatic rings. The third-order valence-electron chi connectivity index (χ3n) is 4.78. The van der Waals surface area contributed by atoms with Crippen LogP contribution in [-0.2, 0) is 27.8 Å². The van der Waals surface area contributed by atoms with Crippen LogP contribution in [-0.4, -0.2) is 20.9 Å². The molecule has 1 aliphatic heterocycles. The van der Waals surface area contributed by atoms with Crippen LogP contribution >= 0.6 is 15.9 Å². The zero-order valence-corrected chi connectivity index (χ0v) is 16.5. The molecule has 1 fully saturated rings. The molecular weight excluding hydrogens is 416 g/mol. The number of benzene rings is 2. The molecule has 0 atom stereocenters. The van der Waals surface area contributed by atoms with E-state index in [1.807, 2.05) is 36.4 Å². The maximum Gasteiger partial charge on any atom is 0.242 e. The van der Waals surface area contributed by atoms with Crippen LogP contribution in [0.25, 0.3) is 0 Å². The minimum absolute atomic E-state index is 0.0468. The van der Waals surface area contributed by atoms with E-state index in [-0.39, 0.29) is 23.3 Å². The van der Waals surface area contributed by atoms with Gasteiger partial charge in [0.15, 0.2) is 0 Å². The lowest BCUT2D eigenvalue weighted by atomic mass is 10.2. The summed E-state index contributed by atoms with van der Waals surface area (Å²) in [6.45, 7) is 0.753. The number of nitrogens with one attached hydrogen (secondary N) is 1. The maximum absolute atomic E-state index is 13.0. The Labute approximate surface area is 161 Å². The summed E-state index contributed by atoms with van der Waals surface area (Å²) in [6.07, 6.45) is 2.47. The summed E-state index contributed by atoms with van der Waals surface area (Å²) in [5.41, 5.74) is 2.33. The molecule has 0 saturated heterocycles. The molecule has 5 nitrogen and oxygen atoms in total. The fourth-order valence-corrected chi connectivity index (χ4v) is 5.24. The first-order valence-corrected chi connectivity index (χ1v) is 10.9. The van der Waals surface area contributed by atoms with Gasteiger partial charge in [-0.3, -0.25) is 4.79 Å². The first kappa shape index (κ1) is 17.7. The van der Waals surface area contributed by atoms with Crippen molar-refractivity contribution in [1.29, 1.82) is 0 Å². The highest BCUT2D eigenvalue weighted by molar-refractivity contribution is 9.10. The zero-order valence-electron chi connectivity index (χ0n) is 14.1. The zero-order chi connectivity index (χ0) is 18.3. The number of fused-ring (bicyclic) bond motifs is 1. The Morgan fingerprint density at radius 1 is 1.19 bits per heavy atom. The molecule has 2 aromatic carbocycles. The third kappa shape index (κ3) is 3.43. The Morgan fingerprint density at radius 3 is 2.62 bits per heavy atom. The number of amides is 1. The quantitative estimate of drug-likeness (QED) is 0.785. The molecule has 1 saturated carbocycles. The van der Waals surface area contributed by atoms with Crippen LogP contribution < -0.4 is 9.62 Å². The van der Waals surface area contributed by atoms with Crippen molar-refractivity contribution in [2.24, 2.45) is 5.92 Å². The summed E-state index contributed by atoms with van der Waals surface area (Å²) in [7, 11) is -3.75. The molecule has 0 unspecified atom stereocenters. The fourth-order valence-electron chi connectivity index (χ4n) is 3.30. The second-order valence-corrected chi connectivity index (χ2v) is 9.39. The number of halogens is 1. The van der Waals surface area contributed by atoms with Crippen LogP contribution in [0.4, 0.5) is 5.69 Å². The van der Waals surface area contributed by atoms with Crippen molar-refractivity contribution in [1.82, 2.24) is 4.72 Å². The monoisotopic (exact) mass is 434 g/mol. The van der Waals surface area contributed by atoms with Gasteiger partial charge in [-0.05, 0) is 42.5 Å². The topological polar surface area (TPSA) is 66.5 Å². The third-order valence-corrected chi connectivity index (χ3v) is 6.66. The predicted molar refractivity (Wildman–Crippen MR) is 103 cm³/mol. The highest BCUT2D eigenvalue weighted by atomic mass is 79.9. The normalized spacial score (nSPS) is 16.6. The first-order valence-electron chi connectivity index (χ1n) is 8.63. The second kappa shape index (κ2) is 6.79. The Balaban J connectivity index is 1.68. The van der Waals surface area contributed by atoms with Gasteiger partial charge in [0.2, 0.25) is 15.9 Å². The van der Waals surface area contributed by atoms with E-state index in [2.05, 4.69) is 20.7 Å². The number of rotatable bonds is 5. The van der Waals surface area contributed by atoms with Gasteiger partial charge in [-0.15, -0.1) is 0 Å². The Kier molecular flexibility index (Phi) is 4.62. The minimum atomic E-state index is -3.75. The standard InChI is InChI=1S/C19H19BrN2O3S/c20-16-10-15-8-9-22(19(23)14-6-7-14)18(15)17(11-16)26(24,25)21-12-13-4-2-1-3-5-13/h1-5,10-11,14,21H,6-9,12H2. The molecule has 1 amide bonds. The van der Waals surface area contributed by atoms with Crippen LogP contribution in [0.5, 0.6) is 0 Å². The van der Waals surface area contributed by atoms with Gasteiger partial charge in [0.25, 0.3) is 0 Å². The highest BCUT2D eigenvalue weighted by Crippen LogP contribution is 2.41. The maximum atomic E-state index is 13.0. The SMILES string of the molecule is O=C(C1CC1)N1CCc2cc(Br)cc(S(=O)(=O)NCc3ccccc3)c21. The van der Waals surface area contributed by atoms with E-state index in [0.717, 1.165) is 24.0 Å². The van der Waals surface area contributed by atoms with E-state index in [0.29, 0.717) is 23.1 Å². The van der Waals surface area contributed by atoms with Crippen LogP contribution in [0.2, 0.25) is 0 Å². The van der Waals surface area contributed by atoms with E-state index in [1.54, 1.807) is 11.0 Å². The van der Waals surface area contributed by atoms with Crippen LogP contribution in [0.15, 0.2) is 51.8 Å². The summed E-state index contributed by atoms with van der Waals surface area (Å²) in [5, 5.41) is 0. The smallest absolute Gasteiger partial charge is 0.242 e. The lowest BCUT2D eigenvalue weighted by Gasteiger charge is -2.21. The highest BCUT2D eigenvalue weighted by Gasteiger charge is 2.39. The average Bonchev–Trinajstić information content (AvgIpc) is 3.40. The molecule has 4 rings (SSSR count). The van der Waals surface area contributed by atoms with Gasteiger partial charge in [0, 0.05) is 23.5 Å². The molecule has 1 N–H and O–H groups in total. The van der Waals surface area contributed by atoms with Crippen LogP contribution in [0.1, 0.15) is 24.0 Å². The Bertz CT molecular complexity index is 956. The summed E-state index contributed by atoms with van der Waals surface area (Å²) >= 11 is 3.41. The van der Waals surface area contributed by atoms with Gasteiger partial charge < -0.3 is 4.90 Å². The van der Waals surface area contributed by atoms with Gasteiger partial charge >= 0.3 is 0 Å². The van der Waals surface area contributed by atoms with Crippen molar-refractivity contribution in [3.8, 4) is 0 Å². The molecule has 7 heteroatoms. The van der Waals surface area contributed by atoms with E-state index in [1.165, 1.54) is 0 Å². The number of sulfonamides is 1. The van der Waals surface area contributed by atoms with Gasteiger partial charge in [-0.25, -0.2) is 13.1 Å². The second-order valence-electron chi connectivity index (χ2n) is 6.74. The van der Waals surface area contributed by atoms with Gasteiger partial charge in [0.05, 0.1) is 5.69 Å². The lowest BCUT2D eigenvalue weighted by molar-refractivity contribution is -0.119. The minimum Gasteiger partial charge on any atom is -0.310 e. The van der Waals surface area contributed by atoms with E-state index in [4.69, 9.17) is 0 Å². The van der Waals surface area contributed by atoms with E-state index < -0.39 is 10.0 Å². The van der Waals surface area contributed by atoms with Crippen molar-refractivity contribution < 1.29 is 13.2 Å². The van der Waals surface area contributed by atoms with Crippen molar-refractivity contribution >= 4 is 37.5 Å². The summed E-state index contributed by atoms with van der Waals surface area (Å²) in [4.78, 5) is 14.4. The van der Waals surface area contributed by atoms with Crippen molar-refractivity contribution in [3.05, 3.63) is 58.1 Å². The fraction of sp³-hybridized carbons (Fsp3) is 0.316. The number of anilines is 1. The molecule has 0 spiro atoms. The molecule has 0 bridgehead atoms. The van der Waals surface area contributed by atoms with Crippen molar-refractivity contribution in [2.45, 2.75) is 30.7 Å². The molecule has 1 heterocycles. The lowest BCUT2D eigenvalue weighted by Crippen LogP contribution is -2.32. The van der Waals surface area contributed by atoms with Gasteiger partial charge in [0.1, 0.15) is 4.90 Å². The molecular formula is C19H19BrN2O3S. The number of nitrogens with zero attached hydrogens (tertiary/aromatic N) is 1. The van der Waals surface area contributed by atoms with Gasteiger partial charge in [-0.1, -0.05) is 46.3 Å². The molecule has 0 radical (unpaired) electrons. The molecule has 1 aliphatic carbocycles.